The van der Waals surface area contributed by atoms with Crippen molar-refractivity contribution < 1.29 is 19.5 Å². The standard InChI is InChI=1S/C14H19N3O4/c1-9(14(20)21)17(3)8-13(19)16-12-6-4-11(5-7-12)15-10(2)18/h4-7,9H,8H2,1-3H3,(H,15,18)(H,16,19)(H,20,21). The van der Waals surface area contributed by atoms with Crippen molar-refractivity contribution in [3.05, 3.63) is 24.3 Å². The second-order valence-electron chi connectivity index (χ2n) is 4.74. The zero-order valence-corrected chi connectivity index (χ0v) is 12.2. The number of amides is 2. The third-order valence-corrected chi connectivity index (χ3v) is 2.90. The normalized spacial score (nSPS) is 11.8. The first-order valence-corrected chi connectivity index (χ1v) is 6.40. The van der Waals surface area contributed by atoms with Gasteiger partial charge in [0.2, 0.25) is 11.8 Å². The van der Waals surface area contributed by atoms with Crippen LogP contribution in [0.4, 0.5) is 11.4 Å². The van der Waals surface area contributed by atoms with E-state index in [0.717, 1.165) is 0 Å². The molecular weight excluding hydrogens is 274 g/mol. The highest BCUT2D eigenvalue weighted by molar-refractivity contribution is 5.93. The number of hydrogen-bond donors (Lipinski definition) is 3. The number of carboxylic acid groups (broad SMARTS) is 1. The summed E-state index contributed by atoms with van der Waals surface area (Å²) >= 11 is 0. The molecule has 2 amide bonds. The van der Waals surface area contributed by atoms with Crippen molar-refractivity contribution >= 4 is 29.2 Å². The highest BCUT2D eigenvalue weighted by Gasteiger charge is 2.18. The molecule has 7 heteroatoms. The minimum atomic E-state index is -0.982. The highest BCUT2D eigenvalue weighted by Crippen LogP contribution is 2.13. The van der Waals surface area contributed by atoms with E-state index in [4.69, 9.17) is 5.11 Å². The van der Waals surface area contributed by atoms with Crippen LogP contribution in [-0.4, -0.2) is 47.4 Å². The lowest BCUT2D eigenvalue weighted by molar-refractivity contribution is -0.142. The molecule has 7 nitrogen and oxygen atoms in total. The fourth-order valence-electron chi connectivity index (χ4n) is 1.59. The summed E-state index contributed by atoms with van der Waals surface area (Å²) in [6.07, 6.45) is 0. The molecule has 1 atom stereocenters. The van der Waals surface area contributed by atoms with E-state index in [9.17, 15) is 14.4 Å². The monoisotopic (exact) mass is 293 g/mol. The van der Waals surface area contributed by atoms with Crippen molar-refractivity contribution in [1.29, 1.82) is 0 Å². The van der Waals surface area contributed by atoms with Crippen LogP contribution in [0.2, 0.25) is 0 Å². The molecular formula is C14H19N3O4. The highest BCUT2D eigenvalue weighted by atomic mass is 16.4. The molecule has 0 saturated carbocycles. The lowest BCUT2D eigenvalue weighted by atomic mass is 10.2. The molecule has 1 aromatic rings. The van der Waals surface area contributed by atoms with Crippen molar-refractivity contribution in [2.24, 2.45) is 0 Å². The summed E-state index contributed by atoms with van der Waals surface area (Å²) < 4.78 is 0. The minimum Gasteiger partial charge on any atom is -0.480 e. The predicted octanol–water partition coefficient (Wildman–Crippen LogP) is 0.988. The number of rotatable bonds is 6. The number of likely N-dealkylation sites (N-methyl/N-ethyl adjacent to an activating group) is 1. The van der Waals surface area contributed by atoms with E-state index in [1.807, 2.05) is 0 Å². The van der Waals surface area contributed by atoms with Crippen LogP contribution in [-0.2, 0) is 14.4 Å². The van der Waals surface area contributed by atoms with Crippen LogP contribution in [0.1, 0.15) is 13.8 Å². The lowest BCUT2D eigenvalue weighted by Gasteiger charge is -2.20. The fraction of sp³-hybridized carbons (Fsp3) is 0.357. The maximum Gasteiger partial charge on any atom is 0.320 e. The van der Waals surface area contributed by atoms with Gasteiger partial charge in [-0.15, -0.1) is 0 Å². The zero-order valence-electron chi connectivity index (χ0n) is 12.2. The van der Waals surface area contributed by atoms with Crippen molar-refractivity contribution in [2.75, 3.05) is 24.2 Å². The van der Waals surface area contributed by atoms with E-state index >= 15 is 0 Å². The third kappa shape index (κ3) is 5.62. The maximum absolute atomic E-state index is 11.8. The minimum absolute atomic E-state index is 0.0269. The molecule has 0 bridgehead atoms. The Morgan fingerprint density at radius 3 is 2.05 bits per heavy atom. The Balaban J connectivity index is 2.55. The van der Waals surface area contributed by atoms with Crippen molar-refractivity contribution in [1.82, 2.24) is 4.90 Å². The molecule has 0 radical (unpaired) electrons. The average molecular weight is 293 g/mol. The van der Waals surface area contributed by atoms with Crippen LogP contribution in [0.5, 0.6) is 0 Å². The van der Waals surface area contributed by atoms with Gasteiger partial charge in [0, 0.05) is 18.3 Å². The first-order chi connectivity index (χ1) is 9.79. The molecule has 0 aliphatic carbocycles. The molecule has 0 saturated heterocycles. The summed E-state index contributed by atoms with van der Waals surface area (Å²) in [6.45, 7) is 2.90. The molecule has 21 heavy (non-hydrogen) atoms. The van der Waals surface area contributed by atoms with Crippen LogP contribution < -0.4 is 10.6 Å². The molecule has 0 aliphatic heterocycles. The summed E-state index contributed by atoms with van der Waals surface area (Å²) in [5.74, 6) is -1.46. The largest absolute Gasteiger partial charge is 0.480 e. The van der Waals surface area contributed by atoms with Crippen LogP contribution >= 0.6 is 0 Å². The third-order valence-electron chi connectivity index (χ3n) is 2.90. The van der Waals surface area contributed by atoms with Crippen LogP contribution in [0.15, 0.2) is 24.3 Å². The molecule has 0 aromatic heterocycles. The first-order valence-electron chi connectivity index (χ1n) is 6.40. The molecule has 1 rings (SSSR count). The van der Waals surface area contributed by atoms with Crippen molar-refractivity contribution in [3.8, 4) is 0 Å². The molecule has 1 aromatic carbocycles. The lowest BCUT2D eigenvalue weighted by Crippen LogP contribution is -2.40. The number of nitrogens with zero attached hydrogens (tertiary/aromatic N) is 1. The number of carbonyl (C=O) groups excluding carboxylic acids is 2. The Morgan fingerprint density at radius 2 is 1.62 bits per heavy atom. The van der Waals surface area contributed by atoms with Crippen LogP contribution in [0, 0.1) is 0 Å². The molecule has 3 N–H and O–H groups in total. The van der Waals surface area contributed by atoms with Crippen LogP contribution in [0.25, 0.3) is 0 Å². The molecule has 114 valence electrons. The fourth-order valence-corrected chi connectivity index (χ4v) is 1.59. The van der Waals surface area contributed by atoms with Gasteiger partial charge in [-0.25, -0.2) is 0 Å². The van der Waals surface area contributed by atoms with E-state index in [0.29, 0.717) is 11.4 Å². The van der Waals surface area contributed by atoms with Gasteiger partial charge in [0.1, 0.15) is 6.04 Å². The van der Waals surface area contributed by atoms with Crippen LogP contribution in [0.3, 0.4) is 0 Å². The summed E-state index contributed by atoms with van der Waals surface area (Å²) in [5.41, 5.74) is 1.21. The smallest absolute Gasteiger partial charge is 0.320 e. The molecule has 1 unspecified atom stereocenters. The van der Waals surface area contributed by atoms with E-state index in [2.05, 4.69) is 10.6 Å². The summed E-state index contributed by atoms with van der Waals surface area (Å²) in [7, 11) is 1.57. The zero-order chi connectivity index (χ0) is 16.0. The van der Waals surface area contributed by atoms with Gasteiger partial charge < -0.3 is 15.7 Å². The van der Waals surface area contributed by atoms with Gasteiger partial charge >= 0.3 is 5.97 Å². The average Bonchev–Trinajstić information content (AvgIpc) is 2.39. The topological polar surface area (TPSA) is 98.7 Å². The summed E-state index contributed by atoms with van der Waals surface area (Å²) in [6, 6.07) is 5.91. The van der Waals surface area contributed by atoms with Gasteiger partial charge in [0.25, 0.3) is 0 Å². The van der Waals surface area contributed by atoms with E-state index in [1.165, 1.54) is 18.7 Å². The summed E-state index contributed by atoms with van der Waals surface area (Å²) in [5, 5.41) is 14.1. The van der Waals surface area contributed by atoms with E-state index in [1.54, 1.807) is 31.3 Å². The molecule has 0 fully saturated rings. The molecule has 0 heterocycles. The summed E-state index contributed by atoms with van der Waals surface area (Å²) in [4.78, 5) is 34.9. The van der Waals surface area contributed by atoms with Crippen molar-refractivity contribution in [3.63, 3.8) is 0 Å². The number of carboxylic acids is 1. The Kier molecular flexibility index (Phi) is 5.86. The number of benzene rings is 1. The Bertz CT molecular complexity index is 528. The number of nitrogens with one attached hydrogen (secondary N) is 2. The SMILES string of the molecule is CC(=O)Nc1ccc(NC(=O)CN(C)C(C)C(=O)O)cc1. The number of aliphatic carboxylic acids is 1. The van der Waals surface area contributed by atoms with Crippen molar-refractivity contribution in [2.45, 2.75) is 19.9 Å². The van der Waals surface area contributed by atoms with E-state index in [-0.39, 0.29) is 18.4 Å². The van der Waals surface area contributed by atoms with Gasteiger partial charge in [-0.05, 0) is 38.2 Å². The van der Waals surface area contributed by atoms with Gasteiger partial charge in [-0.1, -0.05) is 0 Å². The Hall–Kier alpha value is -2.41. The number of hydrogen-bond acceptors (Lipinski definition) is 4. The second-order valence-corrected chi connectivity index (χ2v) is 4.74. The van der Waals surface area contributed by atoms with E-state index < -0.39 is 12.0 Å². The van der Waals surface area contributed by atoms with Gasteiger partial charge in [-0.2, -0.15) is 0 Å². The second kappa shape index (κ2) is 7.39. The van der Waals surface area contributed by atoms with Gasteiger partial charge in [-0.3, -0.25) is 19.3 Å². The number of anilines is 2. The predicted molar refractivity (Wildman–Crippen MR) is 79.1 cm³/mol. The molecule has 0 aliphatic rings. The van der Waals surface area contributed by atoms with Gasteiger partial charge in [0.15, 0.2) is 0 Å². The Labute approximate surface area is 122 Å². The first kappa shape index (κ1) is 16.6. The Morgan fingerprint density at radius 1 is 1.14 bits per heavy atom. The quantitative estimate of drug-likeness (QED) is 0.726. The molecule has 0 spiro atoms. The maximum atomic E-state index is 11.8. The van der Waals surface area contributed by atoms with Gasteiger partial charge in [0.05, 0.1) is 6.54 Å². The number of carbonyl (C=O) groups is 3.